The number of amides is 2. The van der Waals surface area contributed by atoms with Crippen LogP contribution in [0.2, 0.25) is 0 Å². The summed E-state index contributed by atoms with van der Waals surface area (Å²) in [5.41, 5.74) is 3.79. The number of aryl methyl sites for hydroxylation is 1. The van der Waals surface area contributed by atoms with Crippen LogP contribution in [0.3, 0.4) is 0 Å². The molecular weight excluding hydrogens is 428 g/mol. The number of benzene rings is 2. The molecule has 2 aliphatic rings. The zero-order valence-electron chi connectivity index (χ0n) is 19.4. The average molecular weight is 459 g/mol. The molecule has 0 atom stereocenters. The molecule has 7 nitrogen and oxygen atoms in total. The van der Waals surface area contributed by atoms with Crippen molar-refractivity contribution in [3.63, 3.8) is 0 Å². The topological polar surface area (TPSA) is 77.8 Å². The first kappa shape index (κ1) is 22.2. The van der Waals surface area contributed by atoms with Crippen molar-refractivity contribution in [2.75, 3.05) is 48.3 Å². The summed E-state index contributed by atoms with van der Waals surface area (Å²) < 4.78 is 5.15. The van der Waals surface area contributed by atoms with E-state index in [9.17, 15) is 9.59 Å². The minimum absolute atomic E-state index is 0.222. The van der Waals surface area contributed by atoms with Crippen LogP contribution in [0.15, 0.2) is 65.3 Å². The van der Waals surface area contributed by atoms with Crippen LogP contribution in [0.4, 0.5) is 17.1 Å². The number of nitrogens with zero attached hydrogens (tertiary/aromatic N) is 2. The highest BCUT2D eigenvalue weighted by Gasteiger charge is 2.26. The number of hydrogen-bond donors (Lipinski definition) is 2. The van der Waals surface area contributed by atoms with Crippen molar-refractivity contribution in [1.82, 2.24) is 4.90 Å². The van der Waals surface area contributed by atoms with Gasteiger partial charge in [0.2, 0.25) is 0 Å². The second kappa shape index (κ2) is 9.73. The van der Waals surface area contributed by atoms with Gasteiger partial charge in [0.05, 0.1) is 6.26 Å². The van der Waals surface area contributed by atoms with Crippen LogP contribution in [-0.4, -0.2) is 49.4 Å². The van der Waals surface area contributed by atoms with E-state index in [0.717, 1.165) is 49.0 Å². The number of nitrogens with one attached hydrogen (secondary N) is 2. The van der Waals surface area contributed by atoms with Crippen molar-refractivity contribution < 1.29 is 14.0 Å². The van der Waals surface area contributed by atoms with Crippen LogP contribution in [-0.2, 0) is 0 Å². The fraction of sp³-hybridized carbons (Fsp3) is 0.333. The fourth-order valence-corrected chi connectivity index (χ4v) is 4.33. The number of hydrogen-bond acceptors (Lipinski definition) is 5. The molecule has 2 aromatic carbocycles. The average Bonchev–Trinajstić information content (AvgIpc) is 3.48. The van der Waals surface area contributed by atoms with Gasteiger partial charge in [0.1, 0.15) is 0 Å². The number of carbonyl (C=O) groups excluding carboxylic acids is 2. The van der Waals surface area contributed by atoms with Crippen LogP contribution < -0.4 is 15.5 Å². The highest BCUT2D eigenvalue weighted by Crippen LogP contribution is 2.30. The molecule has 0 radical (unpaired) electrons. The lowest BCUT2D eigenvalue weighted by Gasteiger charge is -2.36. The van der Waals surface area contributed by atoms with Gasteiger partial charge in [-0.3, -0.25) is 14.5 Å². The number of anilines is 3. The molecule has 1 aromatic heterocycles. The molecular formula is C27H30N4O3. The normalized spacial score (nSPS) is 16.3. The summed E-state index contributed by atoms with van der Waals surface area (Å²) in [4.78, 5) is 30.3. The Labute approximate surface area is 199 Å². The molecule has 0 unspecified atom stereocenters. The van der Waals surface area contributed by atoms with Gasteiger partial charge in [-0.2, -0.15) is 0 Å². The standard InChI is InChI=1S/C27H30N4O3/c1-19-7-10-21(16-24(19)29-27(33)25-6-3-15-34-25)26(32)28-22-4-2-5-23(17-22)31-13-11-30(12-14-31)18-20-8-9-20/h2-7,10,15-17,20H,8-9,11-14,18H2,1H3,(H,28,32)(H,29,33). The fourth-order valence-electron chi connectivity index (χ4n) is 4.33. The van der Waals surface area contributed by atoms with Crippen molar-refractivity contribution in [1.29, 1.82) is 0 Å². The van der Waals surface area contributed by atoms with Gasteiger partial charge in [0, 0.05) is 55.3 Å². The van der Waals surface area contributed by atoms with E-state index in [1.165, 1.54) is 25.6 Å². The third-order valence-corrected chi connectivity index (χ3v) is 6.55. The Hall–Kier alpha value is -3.58. The lowest BCUT2D eigenvalue weighted by atomic mass is 10.1. The molecule has 2 N–H and O–H groups in total. The van der Waals surface area contributed by atoms with Crippen LogP contribution >= 0.6 is 0 Å². The van der Waals surface area contributed by atoms with Crippen LogP contribution in [0, 0.1) is 12.8 Å². The monoisotopic (exact) mass is 458 g/mol. The molecule has 1 aliphatic carbocycles. The number of rotatable bonds is 7. The molecule has 0 spiro atoms. The SMILES string of the molecule is Cc1ccc(C(=O)Nc2cccc(N3CCN(CC4CC4)CC3)c2)cc1NC(=O)c1ccco1. The first-order valence-corrected chi connectivity index (χ1v) is 11.9. The predicted molar refractivity (Wildman–Crippen MR) is 134 cm³/mol. The van der Waals surface area contributed by atoms with E-state index < -0.39 is 0 Å². The lowest BCUT2D eigenvalue weighted by Crippen LogP contribution is -2.47. The van der Waals surface area contributed by atoms with Gasteiger partial charge < -0.3 is 20.0 Å². The molecule has 1 saturated heterocycles. The molecule has 2 heterocycles. The second-order valence-corrected chi connectivity index (χ2v) is 9.20. The molecule has 1 aliphatic heterocycles. The van der Waals surface area contributed by atoms with E-state index in [1.54, 1.807) is 24.3 Å². The van der Waals surface area contributed by atoms with Crippen LogP contribution in [0.1, 0.15) is 39.3 Å². The van der Waals surface area contributed by atoms with Crippen molar-refractivity contribution >= 4 is 28.9 Å². The summed E-state index contributed by atoms with van der Waals surface area (Å²) in [5.74, 6) is 0.570. The van der Waals surface area contributed by atoms with Gasteiger partial charge in [-0.1, -0.05) is 12.1 Å². The Morgan fingerprint density at radius 2 is 1.76 bits per heavy atom. The Morgan fingerprint density at radius 1 is 0.941 bits per heavy atom. The van der Waals surface area contributed by atoms with Gasteiger partial charge in [0.15, 0.2) is 5.76 Å². The molecule has 7 heteroatoms. The van der Waals surface area contributed by atoms with Crippen molar-refractivity contribution in [3.8, 4) is 0 Å². The van der Waals surface area contributed by atoms with E-state index in [1.807, 2.05) is 31.2 Å². The van der Waals surface area contributed by atoms with Crippen molar-refractivity contribution in [2.45, 2.75) is 19.8 Å². The van der Waals surface area contributed by atoms with E-state index >= 15 is 0 Å². The van der Waals surface area contributed by atoms with Gasteiger partial charge in [-0.15, -0.1) is 0 Å². The van der Waals surface area contributed by atoms with Crippen molar-refractivity contribution in [3.05, 3.63) is 77.7 Å². The molecule has 0 bridgehead atoms. The predicted octanol–water partition coefficient (Wildman–Crippen LogP) is 4.62. The summed E-state index contributed by atoms with van der Waals surface area (Å²) in [5, 5.41) is 5.82. The van der Waals surface area contributed by atoms with E-state index in [2.05, 4.69) is 26.5 Å². The summed E-state index contributed by atoms with van der Waals surface area (Å²) in [6.45, 7) is 7.30. The third kappa shape index (κ3) is 5.31. The van der Waals surface area contributed by atoms with Crippen LogP contribution in [0.5, 0.6) is 0 Å². The number of piperazine rings is 1. The van der Waals surface area contributed by atoms with Gasteiger partial charge >= 0.3 is 0 Å². The maximum Gasteiger partial charge on any atom is 0.291 e. The molecule has 34 heavy (non-hydrogen) atoms. The molecule has 2 fully saturated rings. The third-order valence-electron chi connectivity index (χ3n) is 6.55. The molecule has 5 rings (SSSR count). The Kier molecular flexibility index (Phi) is 6.36. The number of furan rings is 1. The summed E-state index contributed by atoms with van der Waals surface area (Å²) >= 11 is 0. The first-order valence-electron chi connectivity index (χ1n) is 11.9. The highest BCUT2D eigenvalue weighted by atomic mass is 16.3. The zero-order valence-corrected chi connectivity index (χ0v) is 19.4. The maximum absolute atomic E-state index is 13.0. The van der Waals surface area contributed by atoms with Crippen molar-refractivity contribution in [2.24, 2.45) is 5.92 Å². The number of carbonyl (C=O) groups is 2. The highest BCUT2D eigenvalue weighted by molar-refractivity contribution is 6.07. The molecule has 3 aromatic rings. The lowest BCUT2D eigenvalue weighted by molar-refractivity contribution is 0.0993. The Bertz CT molecular complexity index is 1160. The van der Waals surface area contributed by atoms with Gasteiger partial charge in [0.25, 0.3) is 11.8 Å². The summed E-state index contributed by atoms with van der Waals surface area (Å²) in [7, 11) is 0. The van der Waals surface area contributed by atoms with Crippen LogP contribution in [0.25, 0.3) is 0 Å². The van der Waals surface area contributed by atoms with Gasteiger partial charge in [-0.25, -0.2) is 0 Å². The minimum Gasteiger partial charge on any atom is -0.459 e. The molecule has 2 amide bonds. The maximum atomic E-state index is 13.0. The summed E-state index contributed by atoms with van der Waals surface area (Å²) in [6, 6.07) is 16.5. The molecule has 1 saturated carbocycles. The van der Waals surface area contributed by atoms with E-state index in [-0.39, 0.29) is 17.6 Å². The van der Waals surface area contributed by atoms with E-state index in [4.69, 9.17) is 4.42 Å². The van der Waals surface area contributed by atoms with E-state index in [0.29, 0.717) is 11.3 Å². The Balaban J connectivity index is 1.22. The first-order chi connectivity index (χ1) is 16.5. The second-order valence-electron chi connectivity index (χ2n) is 9.20. The Morgan fingerprint density at radius 3 is 2.50 bits per heavy atom. The minimum atomic E-state index is -0.351. The molecule has 176 valence electrons. The van der Waals surface area contributed by atoms with Gasteiger partial charge in [-0.05, 0) is 73.7 Å². The smallest absolute Gasteiger partial charge is 0.291 e. The summed E-state index contributed by atoms with van der Waals surface area (Å²) in [6.07, 6.45) is 4.23. The zero-order chi connectivity index (χ0) is 23.5. The quantitative estimate of drug-likeness (QED) is 0.540. The largest absolute Gasteiger partial charge is 0.459 e.